The van der Waals surface area contributed by atoms with Crippen molar-refractivity contribution in [2.24, 2.45) is 0 Å². The van der Waals surface area contributed by atoms with Crippen molar-refractivity contribution in [1.82, 2.24) is 14.9 Å². The molecule has 1 amide bonds. The Morgan fingerprint density at radius 1 is 1.35 bits per heavy atom. The molecule has 26 heavy (non-hydrogen) atoms. The zero-order valence-corrected chi connectivity index (χ0v) is 15.1. The largest absolute Gasteiger partial charge is 0.496 e. The highest BCUT2D eigenvalue weighted by Gasteiger charge is 2.23. The fourth-order valence-corrected chi connectivity index (χ4v) is 3.49. The van der Waals surface area contributed by atoms with E-state index in [1.54, 1.807) is 36.4 Å². The molecule has 4 rings (SSSR count). The van der Waals surface area contributed by atoms with E-state index in [4.69, 9.17) is 16.3 Å². The number of amides is 1. The van der Waals surface area contributed by atoms with Gasteiger partial charge in [0.1, 0.15) is 5.75 Å². The van der Waals surface area contributed by atoms with Crippen molar-refractivity contribution in [3.8, 4) is 5.75 Å². The Hall–Kier alpha value is -2.79. The summed E-state index contributed by atoms with van der Waals surface area (Å²) in [6.07, 6.45) is 6.65. The third-order valence-electron chi connectivity index (χ3n) is 4.67. The van der Waals surface area contributed by atoms with Crippen LogP contribution in [0.15, 0.2) is 48.8 Å². The van der Waals surface area contributed by atoms with Crippen molar-refractivity contribution in [3.05, 3.63) is 65.0 Å². The molecule has 1 aliphatic heterocycles. The minimum atomic E-state index is -0.0725. The highest BCUT2D eigenvalue weighted by Crippen LogP contribution is 2.30. The van der Waals surface area contributed by atoms with Crippen LogP contribution in [0.1, 0.15) is 22.3 Å². The molecule has 1 aliphatic rings. The van der Waals surface area contributed by atoms with Crippen molar-refractivity contribution in [3.63, 3.8) is 0 Å². The van der Waals surface area contributed by atoms with E-state index in [1.807, 2.05) is 18.3 Å². The second kappa shape index (κ2) is 6.84. The number of hydrogen-bond acceptors (Lipinski definition) is 3. The number of nitrogens with one attached hydrogen (secondary N) is 1. The molecule has 0 fully saturated rings. The van der Waals surface area contributed by atoms with E-state index in [2.05, 4.69) is 16.0 Å². The number of H-pyrrole nitrogens is 1. The molecule has 5 nitrogen and oxygen atoms in total. The average Bonchev–Trinajstić information content (AvgIpc) is 3.11. The Morgan fingerprint density at radius 3 is 3.00 bits per heavy atom. The molecule has 0 unspecified atom stereocenters. The van der Waals surface area contributed by atoms with Gasteiger partial charge >= 0.3 is 0 Å². The van der Waals surface area contributed by atoms with E-state index in [9.17, 15) is 4.79 Å². The van der Waals surface area contributed by atoms with Crippen LogP contribution in [0, 0.1) is 0 Å². The van der Waals surface area contributed by atoms with Crippen LogP contribution in [0.25, 0.3) is 16.6 Å². The van der Waals surface area contributed by atoms with E-state index < -0.39 is 0 Å². The standard InChI is InChI=1S/C20H18ClN3O2/c1-26-18-5-4-14(21)11-15(18)20(25)24-9-6-13(7-10-24)16-12-23-17-3-2-8-22-19(16)17/h2-6,8,11-12,23H,7,9-10H2,1H3. The van der Waals surface area contributed by atoms with Crippen LogP contribution in [-0.4, -0.2) is 41.0 Å². The topological polar surface area (TPSA) is 58.2 Å². The van der Waals surface area contributed by atoms with Gasteiger partial charge in [0, 0.05) is 36.1 Å². The summed E-state index contributed by atoms with van der Waals surface area (Å²) < 4.78 is 5.31. The van der Waals surface area contributed by atoms with Gasteiger partial charge in [-0.2, -0.15) is 0 Å². The molecule has 2 aromatic heterocycles. The first kappa shape index (κ1) is 16.7. The van der Waals surface area contributed by atoms with Crippen molar-refractivity contribution in [2.75, 3.05) is 20.2 Å². The van der Waals surface area contributed by atoms with Crippen molar-refractivity contribution < 1.29 is 9.53 Å². The fraction of sp³-hybridized carbons (Fsp3) is 0.200. The zero-order chi connectivity index (χ0) is 18.1. The van der Waals surface area contributed by atoms with Gasteiger partial charge in [-0.1, -0.05) is 17.7 Å². The molecule has 3 aromatic rings. The van der Waals surface area contributed by atoms with Crippen molar-refractivity contribution in [1.29, 1.82) is 0 Å². The first-order valence-corrected chi connectivity index (χ1v) is 8.79. The van der Waals surface area contributed by atoms with Gasteiger partial charge in [0.05, 0.1) is 23.7 Å². The zero-order valence-electron chi connectivity index (χ0n) is 14.3. The lowest BCUT2D eigenvalue weighted by Gasteiger charge is -2.27. The summed E-state index contributed by atoms with van der Waals surface area (Å²) in [4.78, 5) is 22.4. The number of aromatic amines is 1. The second-order valence-electron chi connectivity index (χ2n) is 6.18. The molecular formula is C20H18ClN3O2. The summed E-state index contributed by atoms with van der Waals surface area (Å²) in [5.41, 5.74) is 4.79. The van der Waals surface area contributed by atoms with Crippen LogP contribution in [0.3, 0.4) is 0 Å². The predicted molar refractivity (Wildman–Crippen MR) is 103 cm³/mol. The highest BCUT2D eigenvalue weighted by molar-refractivity contribution is 6.31. The van der Waals surface area contributed by atoms with Gasteiger partial charge < -0.3 is 14.6 Å². The van der Waals surface area contributed by atoms with Crippen LogP contribution in [0.5, 0.6) is 5.75 Å². The fourth-order valence-electron chi connectivity index (χ4n) is 3.32. The molecule has 1 aromatic carbocycles. The number of hydrogen-bond donors (Lipinski definition) is 1. The van der Waals surface area contributed by atoms with Crippen molar-refractivity contribution in [2.45, 2.75) is 6.42 Å². The number of methoxy groups -OCH3 is 1. The molecular weight excluding hydrogens is 350 g/mol. The predicted octanol–water partition coefficient (Wildman–Crippen LogP) is 4.15. The Bertz CT molecular complexity index is 1010. The maximum Gasteiger partial charge on any atom is 0.257 e. The molecule has 0 aliphatic carbocycles. The van der Waals surface area contributed by atoms with Gasteiger partial charge in [0.25, 0.3) is 5.91 Å². The summed E-state index contributed by atoms with van der Waals surface area (Å²) in [6.45, 7) is 1.18. The number of fused-ring (bicyclic) bond motifs is 1. The quantitative estimate of drug-likeness (QED) is 0.756. The summed E-state index contributed by atoms with van der Waals surface area (Å²) in [5.74, 6) is 0.465. The van der Waals surface area contributed by atoms with E-state index in [0.717, 1.165) is 23.0 Å². The number of carbonyl (C=O) groups excluding carboxylic acids is 1. The van der Waals surface area contributed by atoms with E-state index in [-0.39, 0.29) is 5.91 Å². The summed E-state index contributed by atoms with van der Waals surface area (Å²) in [7, 11) is 1.55. The van der Waals surface area contributed by atoms with Gasteiger partial charge in [-0.15, -0.1) is 0 Å². The number of rotatable bonds is 3. The van der Waals surface area contributed by atoms with Crippen LogP contribution < -0.4 is 4.74 Å². The molecule has 0 radical (unpaired) electrons. The maximum atomic E-state index is 12.9. The molecule has 0 spiro atoms. The lowest BCUT2D eigenvalue weighted by molar-refractivity contribution is 0.0769. The van der Waals surface area contributed by atoms with Gasteiger partial charge in [0.15, 0.2) is 0 Å². The van der Waals surface area contributed by atoms with Crippen LogP contribution >= 0.6 is 11.6 Å². The molecule has 1 N–H and O–H groups in total. The molecule has 6 heteroatoms. The van der Waals surface area contributed by atoms with Crippen LogP contribution in [0.4, 0.5) is 0 Å². The molecule has 132 valence electrons. The molecule has 0 atom stereocenters. The van der Waals surface area contributed by atoms with Gasteiger partial charge in [-0.25, -0.2) is 0 Å². The number of nitrogens with zero attached hydrogens (tertiary/aromatic N) is 2. The first-order chi connectivity index (χ1) is 12.7. The first-order valence-electron chi connectivity index (χ1n) is 8.41. The molecule has 0 saturated heterocycles. The van der Waals surface area contributed by atoms with E-state index in [1.165, 1.54) is 5.57 Å². The lowest BCUT2D eigenvalue weighted by atomic mass is 10.0. The average molecular weight is 368 g/mol. The summed E-state index contributed by atoms with van der Waals surface area (Å²) >= 11 is 6.05. The number of aromatic nitrogens is 2. The SMILES string of the molecule is COc1ccc(Cl)cc1C(=O)N1CC=C(c2c[nH]c3cccnc23)CC1. The Morgan fingerprint density at radius 2 is 2.23 bits per heavy atom. The molecule has 0 bridgehead atoms. The number of ether oxygens (including phenoxy) is 1. The molecule has 3 heterocycles. The van der Waals surface area contributed by atoms with E-state index in [0.29, 0.717) is 29.4 Å². The van der Waals surface area contributed by atoms with Crippen LogP contribution in [0.2, 0.25) is 5.02 Å². The van der Waals surface area contributed by atoms with E-state index >= 15 is 0 Å². The summed E-state index contributed by atoms with van der Waals surface area (Å²) in [5, 5.41) is 0.521. The number of benzene rings is 1. The highest BCUT2D eigenvalue weighted by atomic mass is 35.5. The smallest absolute Gasteiger partial charge is 0.257 e. The minimum absolute atomic E-state index is 0.0725. The number of carbonyl (C=O) groups is 1. The summed E-state index contributed by atoms with van der Waals surface area (Å²) in [6, 6.07) is 9.02. The van der Waals surface area contributed by atoms with Crippen molar-refractivity contribution >= 4 is 34.1 Å². The third kappa shape index (κ3) is 2.95. The van der Waals surface area contributed by atoms with Gasteiger partial charge in [0.2, 0.25) is 0 Å². The monoisotopic (exact) mass is 367 g/mol. The lowest BCUT2D eigenvalue weighted by Crippen LogP contribution is -2.34. The van der Waals surface area contributed by atoms with Crippen LogP contribution in [-0.2, 0) is 0 Å². The van der Waals surface area contributed by atoms with Gasteiger partial charge in [-0.3, -0.25) is 9.78 Å². The normalized spacial score (nSPS) is 14.4. The second-order valence-corrected chi connectivity index (χ2v) is 6.61. The Kier molecular flexibility index (Phi) is 4.39. The third-order valence-corrected chi connectivity index (χ3v) is 4.90. The number of halogens is 1. The Labute approximate surface area is 156 Å². The van der Waals surface area contributed by atoms with Gasteiger partial charge in [-0.05, 0) is 42.3 Å². The Balaban J connectivity index is 1.58. The maximum absolute atomic E-state index is 12.9. The molecule has 0 saturated carbocycles. The number of pyridine rings is 1. The minimum Gasteiger partial charge on any atom is -0.496 e.